The van der Waals surface area contributed by atoms with Crippen LogP contribution in [0.2, 0.25) is 0 Å². The second kappa shape index (κ2) is 7.22. The molecule has 0 saturated heterocycles. The number of methoxy groups -OCH3 is 1. The van der Waals surface area contributed by atoms with Gasteiger partial charge in [0.25, 0.3) is 0 Å². The maximum absolute atomic E-state index is 11.7. The number of esters is 1. The second-order valence-corrected chi connectivity index (χ2v) is 7.31. The molecule has 1 fully saturated rings. The van der Waals surface area contributed by atoms with E-state index in [1.165, 1.54) is 31.3 Å². The molecule has 116 valence electrons. The average Bonchev–Trinajstić information content (AvgIpc) is 2.81. The number of rotatable bonds is 3. The second-order valence-electron chi connectivity index (χ2n) is 5.65. The first-order valence-electron chi connectivity index (χ1n) is 7.26. The molecule has 1 aromatic rings. The number of nitrogens with one attached hydrogen (secondary N) is 2. The van der Waals surface area contributed by atoms with Gasteiger partial charge in [0.15, 0.2) is 5.11 Å². The predicted octanol–water partition coefficient (Wildman–Crippen LogP) is 3.71. The van der Waals surface area contributed by atoms with Crippen LogP contribution in [0.3, 0.4) is 0 Å². The first-order valence-corrected chi connectivity index (χ1v) is 8.48. The molecule has 0 atom stereocenters. The van der Waals surface area contributed by atoms with Gasteiger partial charge in [-0.15, -0.1) is 11.3 Å². The Morgan fingerprint density at radius 3 is 2.67 bits per heavy atom. The SMILES string of the molecule is COC(=O)c1cc(C)sc1NC(=S)NC1CCC(C)CC1. The topological polar surface area (TPSA) is 50.4 Å². The number of hydrogen-bond donors (Lipinski definition) is 2. The van der Waals surface area contributed by atoms with Crippen LogP contribution in [-0.2, 0) is 4.74 Å². The Balaban J connectivity index is 1.95. The number of aryl methyl sites for hydroxylation is 1. The summed E-state index contributed by atoms with van der Waals surface area (Å²) in [4.78, 5) is 12.8. The molecular weight excluding hydrogens is 304 g/mol. The molecule has 4 nitrogen and oxygen atoms in total. The van der Waals surface area contributed by atoms with E-state index in [0.29, 0.717) is 16.7 Å². The van der Waals surface area contributed by atoms with Gasteiger partial charge in [0.2, 0.25) is 0 Å². The molecule has 1 heterocycles. The third-order valence-electron chi connectivity index (χ3n) is 3.84. The van der Waals surface area contributed by atoms with Crippen molar-refractivity contribution in [3.05, 3.63) is 16.5 Å². The Morgan fingerprint density at radius 1 is 1.38 bits per heavy atom. The molecular formula is C15H22N2O2S2. The van der Waals surface area contributed by atoms with E-state index in [4.69, 9.17) is 17.0 Å². The zero-order valence-electron chi connectivity index (χ0n) is 12.7. The van der Waals surface area contributed by atoms with Gasteiger partial charge in [0, 0.05) is 10.9 Å². The van der Waals surface area contributed by atoms with Crippen LogP contribution >= 0.6 is 23.6 Å². The molecule has 0 aromatic carbocycles. The summed E-state index contributed by atoms with van der Waals surface area (Å²) in [6.45, 7) is 4.26. The molecule has 0 aliphatic heterocycles. The van der Waals surface area contributed by atoms with Gasteiger partial charge in [-0.25, -0.2) is 4.79 Å². The number of carbonyl (C=O) groups excluding carboxylic acids is 1. The van der Waals surface area contributed by atoms with E-state index in [1.54, 1.807) is 0 Å². The smallest absolute Gasteiger partial charge is 0.340 e. The van der Waals surface area contributed by atoms with Crippen LogP contribution in [0.1, 0.15) is 47.8 Å². The van der Waals surface area contributed by atoms with Crippen LogP contribution in [0.4, 0.5) is 5.00 Å². The number of hydrogen-bond acceptors (Lipinski definition) is 4. The van der Waals surface area contributed by atoms with Gasteiger partial charge in [0.05, 0.1) is 12.7 Å². The van der Waals surface area contributed by atoms with Crippen molar-refractivity contribution < 1.29 is 9.53 Å². The standard InChI is InChI=1S/C15H22N2O2S2/c1-9-4-6-11(7-5-9)16-15(20)17-13-12(14(18)19-3)8-10(2)21-13/h8-9,11H,4-7H2,1-3H3,(H2,16,17,20). The molecule has 2 N–H and O–H groups in total. The molecule has 2 rings (SSSR count). The Labute approximate surface area is 135 Å². The van der Waals surface area contributed by atoms with Gasteiger partial charge in [-0.2, -0.15) is 0 Å². The summed E-state index contributed by atoms with van der Waals surface area (Å²) in [6.07, 6.45) is 4.78. The lowest BCUT2D eigenvalue weighted by molar-refractivity contribution is 0.0602. The Morgan fingerprint density at radius 2 is 2.05 bits per heavy atom. The molecule has 21 heavy (non-hydrogen) atoms. The first kappa shape index (κ1) is 16.2. The third kappa shape index (κ3) is 4.41. The van der Waals surface area contributed by atoms with Crippen molar-refractivity contribution in [1.29, 1.82) is 0 Å². The van der Waals surface area contributed by atoms with E-state index in [0.717, 1.165) is 28.6 Å². The lowest BCUT2D eigenvalue weighted by Gasteiger charge is -2.27. The fraction of sp³-hybridized carbons (Fsp3) is 0.600. The number of anilines is 1. The van der Waals surface area contributed by atoms with Crippen LogP contribution in [0, 0.1) is 12.8 Å². The zero-order chi connectivity index (χ0) is 15.4. The van der Waals surface area contributed by atoms with Crippen LogP contribution in [-0.4, -0.2) is 24.2 Å². The molecule has 1 aromatic heterocycles. The summed E-state index contributed by atoms with van der Waals surface area (Å²) in [5.74, 6) is 0.478. The van der Waals surface area contributed by atoms with Crippen molar-refractivity contribution in [3.63, 3.8) is 0 Å². The van der Waals surface area contributed by atoms with E-state index in [2.05, 4.69) is 17.6 Å². The quantitative estimate of drug-likeness (QED) is 0.655. The predicted molar refractivity (Wildman–Crippen MR) is 91.2 cm³/mol. The van der Waals surface area contributed by atoms with Crippen molar-refractivity contribution in [2.45, 2.75) is 45.6 Å². The summed E-state index contributed by atoms with van der Waals surface area (Å²) in [5, 5.41) is 7.84. The molecule has 0 amide bonds. The highest BCUT2D eigenvalue weighted by atomic mass is 32.1. The van der Waals surface area contributed by atoms with Crippen LogP contribution < -0.4 is 10.6 Å². The molecule has 1 aliphatic rings. The average molecular weight is 326 g/mol. The van der Waals surface area contributed by atoms with Crippen LogP contribution in [0.15, 0.2) is 6.07 Å². The van der Waals surface area contributed by atoms with E-state index >= 15 is 0 Å². The summed E-state index contributed by atoms with van der Waals surface area (Å²) in [6, 6.07) is 2.26. The minimum absolute atomic E-state index is 0.337. The van der Waals surface area contributed by atoms with Gasteiger partial charge < -0.3 is 15.4 Å². The van der Waals surface area contributed by atoms with Crippen LogP contribution in [0.25, 0.3) is 0 Å². The van der Waals surface area contributed by atoms with Crippen molar-refractivity contribution in [3.8, 4) is 0 Å². The molecule has 0 bridgehead atoms. The van der Waals surface area contributed by atoms with Crippen molar-refractivity contribution >= 4 is 39.6 Å². The largest absolute Gasteiger partial charge is 0.465 e. The van der Waals surface area contributed by atoms with Gasteiger partial charge in [-0.3, -0.25) is 0 Å². The highest BCUT2D eigenvalue weighted by Gasteiger charge is 2.20. The number of thiocarbonyl (C=S) groups is 1. The summed E-state index contributed by atoms with van der Waals surface area (Å²) in [5.41, 5.74) is 0.543. The monoisotopic (exact) mass is 326 g/mol. The minimum atomic E-state index is -0.337. The maximum atomic E-state index is 11.7. The van der Waals surface area contributed by atoms with E-state index in [-0.39, 0.29) is 5.97 Å². The minimum Gasteiger partial charge on any atom is -0.465 e. The number of carbonyl (C=O) groups is 1. The molecule has 6 heteroatoms. The highest BCUT2D eigenvalue weighted by Crippen LogP contribution is 2.28. The fourth-order valence-corrected chi connectivity index (χ4v) is 3.84. The van der Waals surface area contributed by atoms with E-state index in [9.17, 15) is 4.79 Å². The summed E-state index contributed by atoms with van der Waals surface area (Å²) in [7, 11) is 1.39. The zero-order valence-corrected chi connectivity index (χ0v) is 14.3. The van der Waals surface area contributed by atoms with Crippen molar-refractivity contribution in [2.75, 3.05) is 12.4 Å². The molecule has 0 spiro atoms. The summed E-state index contributed by atoms with van der Waals surface area (Å²) < 4.78 is 4.80. The molecule has 0 radical (unpaired) electrons. The van der Waals surface area contributed by atoms with Gasteiger partial charge in [0.1, 0.15) is 5.00 Å². The Bertz CT molecular complexity index is 520. The van der Waals surface area contributed by atoms with Crippen molar-refractivity contribution in [2.24, 2.45) is 5.92 Å². The van der Waals surface area contributed by atoms with Gasteiger partial charge in [-0.1, -0.05) is 6.92 Å². The van der Waals surface area contributed by atoms with Gasteiger partial charge in [-0.05, 0) is 56.8 Å². The number of thiophene rings is 1. The molecule has 1 saturated carbocycles. The maximum Gasteiger partial charge on any atom is 0.340 e. The lowest BCUT2D eigenvalue weighted by atomic mass is 9.87. The third-order valence-corrected chi connectivity index (χ3v) is 5.02. The highest BCUT2D eigenvalue weighted by molar-refractivity contribution is 7.80. The number of ether oxygens (including phenoxy) is 1. The lowest BCUT2D eigenvalue weighted by Crippen LogP contribution is -2.39. The fourth-order valence-electron chi connectivity index (χ4n) is 2.60. The van der Waals surface area contributed by atoms with E-state index in [1.807, 2.05) is 13.0 Å². The summed E-state index contributed by atoms with van der Waals surface area (Å²) >= 11 is 6.88. The Hall–Kier alpha value is -1.14. The molecule has 0 unspecified atom stereocenters. The van der Waals surface area contributed by atoms with Crippen molar-refractivity contribution in [1.82, 2.24) is 5.32 Å². The van der Waals surface area contributed by atoms with Crippen LogP contribution in [0.5, 0.6) is 0 Å². The first-order chi connectivity index (χ1) is 9.99. The normalized spacial score (nSPS) is 21.7. The van der Waals surface area contributed by atoms with Gasteiger partial charge >= 0.3 is 5.97 Å². The molecule has 1 aliphatic carbocycles. The van der Waals surface area contributed by atoms with E-state index < -0.39 is 0 Å². The Kier molecular flexibility index (Phi) is 5.58.